The van der Waals surface area contributed by atoms with E-state index in [0.29, 0.717) is 11.4 Å². The highest BCUT2D eigenvalue weighted by atomic mass is 32.1. The number of aryl methyl sites for hydroxylation is 1. The van der Waals surface area contributed by atoms with Crippen LogP contribution in [0, 0.1) is 12.7 Å². The van der Waals surface area contributed by atoms with Gasteiger partial charge in [0.1, 0.15) is 16.6 Å². The third-order valence-electron chi connectivity index (χ3n) is 4.44. The molecule has 0 aliphatic rings. The highest BCUT2D eigenvalue weighted by Gasteiger charge is 2.15. The number of thiazole rings is 1. The monoisotopic (exact) mass is 406 g/mol. The van der Waals surface area contributed by atoms with Crippen LogP contribution in [0.2, 0.25) is 0 Å². The molecule has 1 amide bonds. The van der Waals surface area contributed by atoms with Gasteiger partial charge in [-0.15, -0.1) is 11.3 Å². The average Bonchev–Trinajstić information content (AvgIpc) is 3.13. The molecule has 146 valence electrons. The summed E-state index contributed by atoms with van der Waals surface area (Å²) in [6, 6.07) is 19.3. The van der Waals surface area contributed by atoms with Crippen LogP contribution < -0.4 is 10.1 Å². The summed E-state index contributed by atoms with van der Waals surface area (Å²) in [6.07, 6.45) is -0.715. The number of hydrogen-bond donors (Lipinski definition) is 1. The first-order chi connectivity index (χ1) is 14.0. The van der Waals surface area contributed by atoms with Crippen LogP contribution in [0.15, 0.2) is 66.7 Å². The van der Waals surface area contributed by atoms with Crippen LogP contribution >= 0.6 is 11.3 Å². The molecular weight excluding hydrogens is 387 g/mol. The van der Waals surface area contributed by atoms with Crippen molar-refractivity contribution in [3.8, 4) is 16.3 Å². The van der Waals surface area contributed by atoms with Gasteiger partial charge in [-0.05, 0) is 80.1 Å². The molecule has 0 spiro atoms. The fourth-order valence-electron chi connectivity index (χ4n) is 2.87. The van der Waals surface area contributed by atoms with Crippen LogP contribution in [-0.2, 0) is 4.79 Å². The van der Waals surface area contributed by atoms with Gasteiger partial charge in [-0.25, -0.2) is 9.37 Å². The normalized spacial score (nSPS) is 12.0. The van der Waals surface area contributed by atoms with E-state index in [9.17, 15) is 9.18 Å². The molecule has 3 aromatic carbocycles. The Kier molecular flexibility index (Phi) is 5.27. The molecule has 1 N–H and O–H groups in total. The molecule has 4 nitrogen and oxygen atoms in total. The van der Waals surface area contributed by atoms with Crippen molar-refractivity contribution in [2.75, 3.05) is 5.32 Å². The topological polar surface area (TPSA) is 51.2 Å². The van der Waals surface area contributed by atoms with Crippen molar-refractivity contribution < 1.29 is 13.9 Å². The summed E-state index contributed by atoms with van der Waals surface area (Å²) in [5.41, 5.74) is 3.87. The van der Waals surface area contributed by atoms with Crippen LogP contribution in [-0.4, -0.2) is 17.0 Å². The van der Waals surface area contributed by atoms with Gasteiger partial charge in [-0.2, -0.15) is 0 Å². The summed E-state index contributed by atoms with van der Waals surface area (Å²) in [4.78, 5) is 17.0. The van der Waals surface area contributed by atoms with Crippen LogP contribution in [0.25, 0.3) is 20.8 Å². The van der Waals surface area contributed by atoms with Crippen molar-refractivity contribution in [2.24, 2.45) is 0 Å². The first-order valence-electron chi connectivity index (χ1n) is 9.19. The number of carbonyl (C=O) groups is 1. The van der Waals surface area contributed by atoms with Crippen molar-refractivity contribution in [1.29, 1.82) is 0 Å². The fourth-order valence-corrected chi connectivity index (χ4v) is 3.94. The van der Waals surface area contributed by atoms with E-state index < -0.39 is 6.10 Å². The molecule has 0 aliphatic carbocycles. The molecule has 6 heteroatoms. The van der Waals surface area contributed by atoms with Gasteiger partial charge >= 0.3 is 0 Å². The van der Waals surface area contributed by atoms with E-state index in [1.54, 1.807) is 18.3 Å². The van der Waals surface area contributed by atoms with Crippen molar-refractivity contribution in [1.82, 2.24) is 4.98 Å². The quantitative estimate of drug-likeness (QED) is 0.455. The van der Waals surface area contributed by atoms with Crippen molar-refractivity contribution in [2.45, 2.75) is 20.0 Å². The third kappa shape index (κ3) is 4.43. The highest BCUT2D eigenvalue weighted by molar-refractivity contribution is 7.21. The van der Waals surface area contributed by atoms with E-state index in [-0.39, 0.29) is 11.7 Å². The van der Waals surface area contributed by atoms with Gasteiger partial charge in [0, 0.05) is 11.3 Å². The molecular formula is C23H19FN2O2S. The number of nitrogens with one attached hydrogen (secondary N) is 1. The van der Waals surface area contributed by atoms with Gasteiger partial charge in [-0.1, -0.05) is 6.07 Å². The molecule has 0 radical (unpaired) electrons. The van der Waals surface area contributed by atoms with Crippen molar-refractivity contribution in [3.05, 3.63) is 78.1 Å². The molecule has 0 aliphatic heterocycles. The van der Waals surface area contributed by atoms with E-state index in [1.807, 2.05) is 30.3 Å². The number of fused-ring (bicyclic) bond motifs is 1. The lowest BCUT2D eigenvalue weighted by Gasteiger charge is -2.14. The van der Waals surface area contributed by atoms with Gasteiger partial charge < -0.3 is 10.1 Å². The largest absolute Gasteiger partial charge is 0.481 e. The minimum absolute atomic E-state index is 0.280. The van der Waals surface area contributed by atoms with E-state index in [2.05, 4.69) is 29.4 Å². The zero-order valence-corrected chi connectivity index (χ0v) is 16.8. The number of nitrogens with zero attached hydrogens (tertiary/aromatic N) is 1. The number of aromatic nitrogens is 1. The Bertz CT molecular complexity index is 1150. The van der Waals surface area contributed by atoms with Gasteiger partial charge in [0.05, 0.1) is 10.2 Å². The number of halogens is 1. The molecule has 0 unspecified atom stereocenters. The Morgan fingerprint density at radius 1 is 1.07 bits per heavy atom. The predicted octanol–water partition coefficient (Wildman–Crippen LogP) is 5.82. The van der Waals surface area contributed by atoms with Gasteiger partial charge in [-0.3, -0.25) is 4.79 Å². The smallest absolute Gasteiger partial charge is 0.265 e. The van der Waals surface area contributed by atoms with E-state index >= 15 is 0 Å². The maximum absolute atomic E-state index is 13.0. The first-order valence-corrected chi connectivity index (χ1v) is 10.0. The molecule has 0 saturated heterocycles. The lowest BCUT2D eigenvalue weighted by Crippen LogP contribution is -2.30. The van der Waals surface area contributed by atoms with Gasteiger partial charge in [0.2, 0.25) is 0 Å². The second kappa shape index (κ2) is 8.01. The van der Waals surface area contributed by atoms with Gasteiger partial charge in [0.25, 0.3) is 5.91 Å². The highest BCUT2D eigenvalue weighted by Crippen LogP contribution is 2.31. The Labute approximate surface area is 172 Å². The minimum atomic E-state index is -0.715. The Hall–Kier alpha value is -3.25. The Morgan fingerprint density at radius 3 is 2.52 bits per heavy atom. The summed E-state index contributed by atoms with van der Waals surface area (Å²) in [5.74, 6) is -0.189. The average molecular weight is 406 g/mol. The minimum Gasteiger partial charge on any atom is -0.481 e. The summed E-state index contributed by atoms with van der Waals surface area (Å²) >= 11 is 1.65. The van der Waals surface area contributed by atoms with Crippen molar-refractivity contribution >= 4 is 33.1 Å². The van der Waals surface area contributed by atoms with E-state index in [4.69, 9.17) is 4.74 Å². The van der Waals surface area contributed by atoms with Crippen molar-refractivity contribution in [3.63, 3.8) is 0 Å². The van der Waals surface area contributed by atoms with Crippen LogP contribution in [0.3, 0.4) is 0 Å². The maximum Gasteiger partial charge on any atom is 0.265 e. The van der Waals surface area contributed by atoms with Gasteiger partial charge in [0.15, 0.2) is 6.10 Å². The molecule has 0 fully saturated rings. The molecule has 4 rings (SSSR count). The zero-order chi connectivity index (χ0) is 20.4. The number of rotatable bonds is 5. The molecule has 0 saturated carbocycles. The first kappa shape index (κ1) is 19.1. The number of hydrogen-bond acceptors (Lipinski definition) is 4. The molecule has 29 heavy (non-hydrogen) atoms. The zero-order valence-electron chi connectivity index (χ0n) is 16.0. The Morgan fingerprint density at radius 2 is 1.79 bits per heavy atom. The van der Waals surface area contributed by atoms with Crippen LogP contribution in [0.1, 0.15) is 12.5 Å². The van der Waals surface area contributed by atoms with Crippen LogP contribution in [0.4, 0.5) is 10.1 Å². The number of benzene rings is 3. The second-order valence-electron chi connectivity index (χ2n) is 6.77. The SMILES string of the molecule is Cc1ccc2nc(-c3ccc(NC(=O)[C@H](C)Oc4ccc(F)cc4)cc3)sc2c1. The second-order valence-corrected chi connectivity index (χ2v) is 7.80. The summed E-state index contributed by atoms with van der Waals surface area (Å²) < 4.78 is 19.7. The summed E-state index contributed by atoms with van der Waals surface area (Å²) in [6.45, 7) is 3.72. The number of anilines is 1. The Balaban J connectivity index is 1.43. The summed E-state index contributed by atoms with van der Waals surface area (Å²) in [5, 5.41) is 3.77. The number of ether oxygens (including phenoxy) is 1. The maximum atomic E-state index is 13.0. The summed E-state index contributed by atoms with van der Waals surface area (Å²) in [7, 11) is 0. The lowest BCUT2D eigenvalue weighted by molar-refractivity contribution is -0.122. The molecule has 1 heterocycles. The molecule has 0 bridgehead atoms. The third-order valence-corrected chi connectivity index (χ3v) is 5.51. The lowest BCUT2D eigenvalue weighted by atomic mass is 10.2. The molecule has 1 atom stereocenters. The number of amides is 1. The van der Waals surface area contributed by atoms with E-state index in [0.717, 1.165) is 20.8 Å². The van der Waals surface area contributed by atoms with E-state index in [1.165, 1.54) is 29.8 Å². The number of carbonyl (C=O) groups excluding carboxylic acids is 1. The molecule has 4 aromatic rings. The van der Waals surface area contributed by atoms with Crippen LogP contribution in [0.5, 0.6) is 5.75 Å². The standard InChI is InChI=1S/C23H19FN2O2S/c1-14-3-12-20-21(13-14)29-23(26-20)16-4-8-18(9-5-16)25-22(27)15(2)28-19-10-6-17(24)7-11-19/h3-13,15H,1-2H3,(H,25,27)/t15-/m0/s1. The molecule has 1 aromatic heterocycles. The predicted molar refractivity (Wildman–Crippen MR) is 115 cm³/mol. The fraction of sp³-hybridized carbons (Fsp3) is 0.130.